The number of carbonyl (C=O) groups is 1. The highest BCUT2D eigenvalue weighted by Gasteiger charge is 2.20. The Morgan fingerprint density at radius 2 is 1.79 bits per heavy atom. The molecule has 24 heavy (non-hydrogen) atoms. The zero-order valence-electron chi connectivity index (χ0n) is 13.3. The number of benzene rings is 1. The Kier molecular flexibility index (Phi) is 5.61. The normalized spacial score (nSPS) is 15.3. The van der Waals surface area contributed by atoms with Crippen molar-refractivity contribution in [2.24, 2.45) is 0 Å². The van der Waals surface area contributed by atoms with Crippen molar-refractivity contribution in [2.45, 2.75) is 6.61 Å². The van der Waals surface area contributed by atoms with Crippen LogP contribution in [0.3, 0.4) is 0 Å². The van der Waals surface area contributed by atoms with E-state index in [4.69, 9.17) is 16.3 Å². The van der Waals surface area contributed by atoms with E-state index in [1.54, 1.807) is 6.07 Å². The monoisotopic (exact) mass is 346 g/mol. The first-order chi connectivity index (χ1) is 11.7. The maximum atomic E-state index is 12.0. The van der Waals surface area contributed by atoms with Crippen LogP contribution < -0.4 is 4.90 Å². The molecular formula is C17H19ClN4O2. The Bertz CT molecular complexity index is 658. The molecule has 1 saturated heterocycles. The Hall–Kier alpha value is -2.18. The zero-order valence-corrected chi connectivity index (χ0v) is 14.0. The molecule has 1 aromatic heterocycles. The van der Waals surface area contributed by atoms with Gasteiger partial charge < -0.3 is 9.64 Å². The van der Waals surface area contributed by atoms with Crippen LogP contribution in [0.15, 0.2) is 42.5 Å². The van der Waals surface area contributed by atoms with Gasteiger partial charge in [0.25, 0.3) is 0 Å². The lowest BCUT2D eigenvalue weighted by molar-refractivity contribution is -0.146. The summed E-state index contributed by atoms with van der Waals surface area (Å²) in [6, 6.07) is 13.3. The van der Waals surface area contributed by atoms with Gasteiger partial charge >= 0.3 is 5.97 Å². The van der Waals surface area contributed by atoms with E-state index in [9.17, 15) is 4.79 Å². The number of esters is 1. The minimum Gasteiger partial charge on any atom is -0.460 e. The molecule has 2 aromatic rings. The third kappa shape index (κ3) is 4.66. The molecule has 6 nitrogen and oxygen atoms in total. The predicted octanol–water partition coefficient (Wildman–Crippen LogP) is 2.00. The van der Waals surface area contributed by atoms with Crippen LogP contribution in [-0.2, 0) is 16.1 Å². The standard InChI is InChI=1S/C17H19ClN4O2/c18-15-6-7-16(20-19-15)22-10-8-21(9-11-22)12-17(23)24-13-14-4-2-1-3-5-14/h1-7H,8-13H2. The first-order valence-electron chi connectivity index (χ1n) is 7.87. The Morgan fingerprint density at radius 3 is 2.46 bits per heavy atom. The van der Waals surface area contributed by atoms with Crippen LogP contribution in [0.2, 0.25) is 5.15 Å². The smallest absolute Gasteiger partial charge is 0.320 e. The van der Waals surface area contributed by atoms with Crippen molar-refractivity contribution >= 4 is 23.4 Å². The van der Waals surface area contributed by atoms with Gasteiger partial charge in [-0.25, -0.2) is 0 Å². The molecular weight excluding hydrogens is 328 g/mol. The third-order valence-electron chi connectivity index (χ3n) is 3.91. The lowest BCUT2D eigenvalue weighted by Gasteiger charge is -2.34. The summed E-state index contributed by atoms with van der Waals surface area (Å²) in [6.45, 7) is 3.78. The van der Waals surface area contributed by atoms with E-state index in [0.29, 0.717) is 18.3 Å². The first-order valence-corrected chi connectivity index (χ1v) is 8.24. The van der Waals surface area contributed by atoms with Crippen molar-refractivity contribution in [1.29, 1.82) is 0 Å². The molecule has 0 spiro atoms. The van der Waals surface area contributed by atoms with Gasteiger partial charge in [0.2, 0.25) is 0 Å². The molecule has 1 aliphatic rings. The summed E-state index contributed by atoms with van der Waals surface area (Å²) in [5.41, 5.74) is 0.997. The van der Waals surface area contributed by atoms with Crippen LogP contribution >= 0.6 is 11.6 Å². The Morgan fingerprint density at radius 1 is 1.04 bits per heavy atom. The molecule has 126 valence electrons. The summed E-state index contributed by atoms with van der Waals surface area (Å²) in [5.74, 6) is 0.615. The molecule has 1 aliphatic heterocycles. The van der Waals surface area contributed by atoms with E-state index in [1.807, 2.05) is 36.4 Å². The molecule has 1 fully saturated rings. The minimum absolute atomic E-state index is 0.196. The molecule has 3 rings (SSSR count). The second kappa shape index (κ2) is 8.08. The van der Waals surface area contributed by atoms with Gasteiger partial charge in [0.1, 0.15) is 6.61 Å². The van der Waals surface area contributed by atoms with Crippen LogP contribution in [0.4, 0.5) is 5.82 Å². The molecule has 0 N–H and O–H groups in total. The summed E-state index contributed by atoms with van der Waals surface area (Å²) in [6.07, 6.45) is 0. The van der Waals surface area contributed by atoms with Gasteiger partial charge in [-0.05, 0) is 17.7 Å². The van der Waals surface area contributed by atoms with Crippen LogP contribution in [0, 0.1) is 0 Å². The fourth-order valence-electron chi connectivity index (χ4n) is 2.58. The van der Waals surface area contributed by atoms with E-state index in [-0.39, 0.29) is 5.97 Å². The molecule has 2 heterocycles. The molecule has 0 unspecified atom stereocenters. The topological polar surface area (TPSA) is 58.6 Å². The number of halogens is 1. The SMILES string of the molecule is O=C(CN1CCN(c2ccc(Cl)nn2)CC1)OCc1ccccc1. The van der Waals surface area contributed by atoms with Crippen molar-refractivity contribution in [3.05, 3.63) is 53.2 Å². The average molecular weight is 347 g/mol. The Balaban J connectivity index is 1.41. The fraction of sp³-hybridized carbons (Fsp3) is 0.353. The van der Waals surface area contributed by atoms with Crippen molar-refractivity contribution in [3.8, 4) is 0 Å². The summed E-state index contributed by atoms with van der Waals surface area (Å²) in [5, 5.41) is 8.33. The quantitative estimate of drug-likeness (QED) is 0.772. The molecule has 0 amide bonds. The summed E-state index contributed by atoms with van der Waals surface area (Å²) >= 11 is 5.75. The average Bonchev–Trinajstić information content (AvgIpc) is 2.62. The molecule has 0 atom stereocenters. The lowest BCUT2D eigenvalue weighted by atomic mass is 10.2. The molecule has 0 saturated carbocycles. The highest BCUT2D eigenvalue weighted by molar-refractivity contribution is 6.29. The van der Waals surface area contributed by atoms with E-state index in [1.165, 1.54) is 0 Å². The number of nitrogens with zero attached hydrogens (tertiary/aromatic N) is 4. The van der Waals surface area contributed by atoms with E-state index in [0.717, 1.165) is 37.6 Å². The lowest BCUT2D eigenvalue weighted by Crippen LogP contribution is -2.48. The van der Waals surface area contributed by atoms with Crippen molar-refractivity contribution < 1.29 is 9.53 Å². The number of rotatable bonds is 5. The van der Waals surface area contributed by atoms with Crippen molar-refractivity contribution in [1.82, 2.24) is 15.1 Å². The van der Waals surface area contributed by atoms with Gasteiger partial charge in [-0.15, -0.1) is 10.2 Å². The fourth-order valence-corrected chi connectivity index (χ4v) is 2.68. The second-order valence-corrected chi connectivity index (χ2v) is 6.01. The number of anilines is 1. The van der Waals surface area contributed by atoms with Crippen LogP contribution in [0.5, 0.6) is 0 Å². The second-order valence-electron chi connectivity index (χ2n) is 5.62. The molecule has 0 aliphatic carbocycles. The maximum Gasteiger partial charge on any atom is 0.320 e. The van der Waals surface area contributed by atoms with Gasteiger partial charge in [0, 0.05) is 26.2 Å². The van der Waals surface area contributed by atoms with Crippen molar-refractivity contribution in [3.63, 3.8) is 0 Å². The van der Waals surface area contributed by atoms with Gasteiger partial charge in [0.15, 0.2) is 11.0 Å². The molecule has 1 aromatic carbocycles. The van der Waals surface area contributed by atoms with Gasteiger partial charge in [-0.1, -0.05) is 41.9 Å². The van der Waals surface area contributed by atoms with Crippen molar-refractivity contribution in [2.75, 3.05) is 37.6 Å². The summed E-state index contributed by atoms with van der Waals surface area (Å²) in [4.78, 5) is 16.2. The highest BCUT2D eigenvalue weighted by atomic mass is 35.5. The van der Waals surface area contributed by atoms with Crippen LogP contribution in [0.25, 0.3) is 0 Å². The number of hydrogen-bond donors (Lipinski definition) is 0. The van der Waals surface area contributed by atoms with Gasteiger partial charge in [0.05, 0.1) is 6.54 Å². The predicted molar refractivity (Wildman–Crippen MR) is 91.9 cm³/mol. The van der Waals surface area contributed by atoms with E-state index in [2.05, 4.69) is 20.0 Å². The Labute approximate surface area is 146 Å². The number of piperazine rings is 1. The van der Waals surface area contributed by atoms with Gasteiger partial charge in [-0.2, -0.15) is 0 Å². The maximum absolute atomic E-state index is 12.0. The summed E-state index contributed by atoms with van der Waals surface area (Å²) in [7, 11) is 0. The van der Waals surface area contributed by atoms with E-state index >= 15 is 0 Å². The van der Waals surface area contributed by atoms with Crippen LogP contribution in [0.1, 0.15) is 5.56 Å². The number of aromatic nitrogens is 2. The minimum atomic E-state index is -0.196. The number of carbonyl (C=O) groups excluding carboxylic acids is 1. The summed E-state index contributed by atoms with van der Waals surface area (Å²) < 4.78 is 5.32. The molecule has 0 radical (unpaired) electrons. The highest BCUT2D eigenvalue weighted by Crippen LogP contribution is 2.14. The van der Waals surface area contributed by atoms with E-state index < -0.39 is 0 Å². The number of ether oxygens (including phenoxy) is 1. The largest absolute Gasteiger partial charge is 0.460 e. The number of hydrogen-bond acceptors (Lipinski definition) is 6. The first kappa shape index (κ1) is 16.7. The van der Waals surface area contributed by atoms with Gasteiger partial charge in [-0.3, -0.25) is 9.69 Å². The third-order valence-corrected chi connectivity index (χ3v) is 4.11. The van der Waals surface area contributed by atoms with Crippen LogP contribution in [-0.4, -0.2) is 53.8 Å². The molecule has 0 bridgehead atoms. The molecule has 7 heteroatoms. The zero-order chi connectivity index (χ0) is 16.8.